The van der Waals surface area contributed by atoms with Crippen molar-refractivity contribution in [2.75, 3.05) is 26.5 Å². The topological polar surface area (TPSA) is 63.5 Å². The first kappa shape index (κ1) is 23.6. The predicted molar refractivity (Wildman–Crippen MR) is 126 cm³/mol. The number of aliphatic imine (C=N–C) groups is 1. The van der Waals surface area contributed by atoms with E-state index in [1.807, 2.05) is 53.0 Å². The van der Waals surface area contributed by atoms with E-state index in [2.05, 4.69) is 47.8 Å². The van der Waals surface area contributed by atoms with Gasteiger partial charge in [-0.05, 0) is 57.4 Å². The lowest BCUT2D eigenvalue weighted by molar-refractivity contribution is 0.414. The van der Waals surface area contributed by atoms with Gasteiger partial charge in [0.1, 0.15) is 5.75 Å². The Bertz CT molecular complexity index is 715. The Hall–Kier alpha value is -1.42. The molecule has 0 bridgehead atoms. The average Bonchev–Trinajstić information content (AvgIpc) is 3.13. The SMILES string of the molecule is CCNC(=NCc1ccn(-c2ccc(OC)cc2)n1)NCC(C)(C)SC.I. The Morgan fingerprint density at radius 3 is 2.52 bits per heavy atom. The summed E-state index contributed by atoms with van der Waals surface area (Å²) >= 11 is 1.84. The summed E-state index contributed by atoms with van der Waals surface area (Å²) in [5.74, 6) is 1.65. The van der Waals surface area contributed by atoms with E-state index in [0.717, 1.165) is 36.2 Å². The Labute approximate surface area is 183 Å². The highest BCUT2D eigenvalue weighted by Gasteiger charge is 2.16. The molecule has 2 N–H and O–H groups in total. The zero-order valence-electron chi connectivity index (χ0n) is 16.7. The van der Waals surface area contributed by atoms with Crippen molar-refractivity contribution in [3.63, 3.8) is 0 Å². The fraction of sp³-hybridized carbons (Fsp3) is 0.474. The predicted octanol–water partition coefficient (Wildman–Crippen LogP) is 3.70. The van der Waals surface area contributed by atoms with E-state index in [0.29, 0.717) is 6.54 Å². The van der Waals surface area contributed by atoms with Gasteiger partial charge in [0.05, 0.1) is 25.0 Å². The van der Waals surface area contributed by atoms with Crippen LogP contribution in [0.5, 0.6) is 5.75 Å². The minimum Gasteiger partial charge on any atom is -0.497 e. The molecule has 0 amide bonds. The van der Waals surface area contributed by atoms with Crippen molar-refractivity contribution in [3.8, 4) is 11.4 Å². The lowest BCUT2D eigenvalue weighted by Crippen LogP contribution is -2.43. The maximum Gasteiger partial charge on any atom is 0.191 e. The van der Waals surface area contributed by atoms with Crippen LogP contribution in [0.15, 0.2) is 41.5 Å². The van der Waals surface area contributed by atoms with Crippen LogP contribution in [0.1, 0.15) is 26.5 Å². The van der Waals surface area contributed by atoms with Crippen LogP contribution in [0, 0.1) is 0 Å². The van der Waals surface area contributed by atoms with Gasteiger partial charge >= 0.3 is 0 Å². The van der Waals surface area contributed by atoms with Gasteiger partial charge in [-0.3, -0.25) is 0 Å². The van der Waals surface area contributed by atoms with E-state index in [1.54, 1.807) is 7.11 Å². The fourth-order valence-electron chi connectivity index (χ4n) is 2.20. The Morgan fingerprint density at radius 1 is 1.22 bits per heavy atom. The van der Waals surface area contributed by atoms with Crippen molar-refractivity contribution in [3.05, 3.63) is 42.2 Å². The van der Waals surface area contributed by atoms with Crippen LogP contribution in [0.4, 0.5) is 0 Å². The molecular formula is C19H30IN5OS. The summed E-state index contributed by atoms with van der Waals surface area (Å²) in [5.41, 5.74) is 1.91. The number of hydrogen-bond acceptors (Lipinski definition) is 4. The normalized spacial score (nSPS) is 11.7. The zero-order chi connectivity index (χ0) is 19.0. The Balaban J connectivity index is 0.00000364. The lowest BCUT2D eigenvalue weighted by atomic mass is 10.2. The standard InChI is InChI=1S/C19H29N5OS.HI/c1-6-20-18(22-14-19(2,3)26-5)21-13-15-11-12-24(23-15)16-7-9-17(25-4)10-8-16;/h7-12H,6,13-14H2,1-5H3,(H2,20,21,22);1H. The van der Waals surface area contributed by atoms with Crippen molar-refractivity contribution >= 4 is 41.7 Å². The lowest BCUT2D eigenvalue weighted by Gasteiger charge is -2.23. The molecule has 0 saturated heterocycles. The van der Waals surface area contributed by atoms with Crippen molar-refractivity contribution < 1.29 is 4.74 Å². The van der Waals surface area contributed by atoms with E-state index in [1.165, 1.54) is 0 Å². The highest BCUT2D eigenvalue weighted by atomic mass is 127. The summed E-state index contributed by atoms with van der Waals surface area (Å²) < 4.78 is 7.20. The van der Waals surface area contributed by atoms with Crippen LogP contribution in [0.2, 0.25) is 0 Å². The second-order valence-electron chi connectivity index (χ2n) is 6.46. The molecule has 8 heteroatoms. The second kappa shape index (κ2) is 11.4. The first-order valence-corrected chi connectivity index (χ1v) is 9.96. The van der Waals surface area contributed by atoms with Gasteiger partial charge in [-0.15, -0.1) is 24.0 Å². The van der Waals surface area contributed by atoms with Crippen molar-refractivity contribution in [1.29, 1.82) is 0 Å². The second-order valence-corrected chi connectivity index (χ2v) is 7.98. The third-order valence-corrected chi connectivity index (χ3v) is 5.21. The van der Waals surface area contributed by atoms with E-state index in [4.69, 9.17) is 4.74 Å². The molecule has 0 aliphatic carbocycles. The molecule has 2 rings (SSSR count). The summed E-state index contributed by atoms with van der Waals surface area (Å²) in [6.07, 6.45) is 4.07. The molecule has 6 nitrogen and oxygen atoms in total. The first-order valence-electron chi connectivity index (χ1n) is 8.73. The summed E-state index contributed by atoms with van der Waals surface area (Å²) in [7, 11) is 1.66. The molecule has 0 aliphatic rings. The summed E-state index contributed by atoms with van der Waals surface area (Å²) in [4.78, 5) is 4.64. The minimum atomic E-state index is 0. The third-order valence-electron chi connectivity index (χ3n) is 3.96. The van der Waals surface area contributed by atoms with Gasteiger partial charge in [0.2, 0.25) is 0 Å². The summed E-state index contributed by atoms with van der Waals surface area (Å²) in [5, 5.41) is 11.3. The number of benzene rings is 1. The fourth-order valence-corrected chi connectivity index (χ4v) is 2.41. The number of halogens is 1. The number of methoxy groups -OCH3 is 1. The number of guanidine groups is 1. The van der Waals surface area contributed by atoms with Crippen molar-refractivity contribution in [2.45, 2.75) is 32.1 Å². The molecule has 0 fully saturated rings. The number of nitrogens with zero attached hydrogens (tertiary/aromatic N) is 3. The number of ether oxygens (including phenoxy) is 1. The Morgan fingerprint density at radius 2 is 1.93 bits per heavy atom. The van der Waals surface area contributed by atoms with Crippen LogP contribution in [0.3, 0.4) is 0 Å². The highest BCUT2D eigenvalue weighted by Crippen LogP contribution is 2.19. The number of thioether (sulfide) groups is 1. The first-order chi connectivity index (χ1) is 12.5. The maximum atomic E-state index is 5.19. The number of rotatable bonds is 8. The molecule has 2 aromatic rings. The molecule has 1 aromatic carbocycles. The summed E-state index contributed by atoms with van der Waals surface area (Å²) in [6.45, 7) is 8.69. The van der Waals surface area contributed by atoms with Gasteiger partial charge in [-0.2, -0.15) is 16.9 Å². The van der Waals surface area contributed by atoms with E-state index >= 15 is 0 Å². The van der Waals surface area contributed by atoms with Crippen molar-refractivity contribution in [1.82, 2.24) is 20.4 Å². The minimum absolute atomic E-state index is 0. The van der Waals surface area contributed by atoms with E-state index in [-0.39, 0.29) is 28.7 Å². The maximum absolute atomic E-state index is 5.19. The van der Waals surface area contributed by atoms with Crippen LogP contribution < -0.4 is 15.4 Å². The number of nitrogens with one attached hydrogen (secondary N) is 2. The smallest absolute Gasteiger partial charge is 0.191 e. The molecule has 0 saturated carbocycles. The van der Waals surface area contributed by atoms with Crippen LogP contribution in [0.25, 0.3) is 5.69 Å². The van der Waals surface area contributed by atoms with Crippen molar-refractivity contribution in [2.24, 2.45) is 4.99 Å². The molecule has 1 heterocycles. The summed E-state index contributed by atoms with van der Waals surface area (Å²) in [6, 6.07) is 9.80. The molecule has 27 heavy (non-hydrogen) atoms. The number of aromatic nitrogens is 2. The molecule has 0 atom stereocenters. The molecule has 1 aromatic heterocycles. The molecule has 150 valence electrons. The van der Waals surface area contributed by atoms with Gasteiger partial charge < -0.3 is 15.4 Å². The van der Waals surface area contributed by atoms with Gasteiger partial charge in [-0.1, -0.05) is 0 Å². The molecule has 0 unspecified atom stereocenters. The Kier molecular flexibility index (Phi) is 10.00. The largest absolute Gasteiger partial charge is 0.497 e. The monoisotopic (exact) mass is 503 g/mol. The molecular weight excluding hydrogens is 473 g/mol. The van der Waals surface area contributed by atoms with Gasteiger partial charge in [0.15, 0.2) is 5.96 Å². The van der Waals surface area contributed by atoms with E-state index in [9.17, 15) is 0 Å². The zero-order valence-corrected chi connectivity index (χ0v) is 19.8. The van der Waals surface area contributed by atoms with Gasteiger partial charge in [-0.25, -0.2) is 9.67 Å². The quantitative estimate of drug-likeness (QED) is 0.327. The van der Waals surface area contributed by atoms with Gasteiger partial charge in [0, 0.05) is 24.0 Å². The number of hydrogen-bond donors (Lipinski definition) is 2. The highest BCUT2D eigenvalue weighted by molar-refractivity contribution is 14.0. The molecule has 0 radical (unpaired) electrons. The molecule has 0 spiro atoms. The van der Waals surface area contributed by atoms with Gasteiger partial charge in [0.25, 0.3) is 0 Å². The average molecular weight is 503 g/mol. The van der Waals surface area contributed by atoms with Crippen LogP contribution in [-0.4, -0.2) is 46.9 Å². The third kappa shape index (κ3) is 7.61. The van der Waals surface area contributed by atoms with E-state index < -0.39 is 0 Å². The molecule has 0 aliphatic heterocycles. The van der Waals surface area contributed by atoms with Crippen LogP contribution in [-0.2, 0) is 6.54 Å². The van der Waals surface area contributed by atoms with Crippen LogP contribution >= 0.6 is 35.7 Å².